The van der Waals surface area contributed by atoms with Crippen molar-refractivity contribution in [2.45, 2.75) is 20.5 Å². The molecule has 0 aliphatic carbocycles. The summed E-state index contributed by atoms with van der Waals surface area (Å²) in [7, 11) is 3.40. The van der Waals surface area contributed by atoms with Crippen molar-refractivity contribution in [3.8, 4) is 5.75 Å². The van der Waals surface area contributed by atoms with E-state index in [0.29, 0.717) is 18.9 Å². The summed E-state index contributed by atoms with van der Waals surface area (Å²) in [6.07, 6.45) is 3.35. The maximum atomic E-state index is 12.2. The smallest absolute Gasteiger partial charge is 0.203 e. The second-order valence-corrected chi connectivity index (χ2v) is 5.20. The lowest BCUT2D eigenvalue weighted by atomic mass is 10.1. The fourth-order valence-electron chi connectivity index (χ4n) is 2.33. The number of carbonyl (C=O) groups excluding carboxylic acids is 1. The highest BCUT2D eigenvalue weighted by Crippen LogP contribution is 2.21. The Kier molecular flexibility index (Phi) is 5.71. The Hall–Kier alpha value is -2.40. The van der Waals surface area contributed by atoms with Crippen molar-refractivity contribution in [1.82, 2.24) is 9.78 Å². The SMILES string of the molecule is CCOCc1cc(/C=C/C(=O)c2cc(C)nn2C)ccc1OC. The van der Waals surface area contributed by atoms with Crippen LogP contribution in [0.2, 0.25) is 0 Å². The molecule has 0 amide bonds. The van der Waals surface area contributed by atoms with E-state index in [9.17, 15) is 4.79 Å². The van der Waals surface area contributed by atoms with Gasteiger partial charge in [0.25, 0.3) is 0 Å². The molecule has 1 heterocycles. The molecule has 0 bridgehead atoms. The minimum atomic E-state index is -0.0738. The number of aromatic nitrogens is 2. The summed E-state index contributed by atoms with van der Waals surface area (Å²) in [5.74, 6) is 0.708. The van der Waals surface area contributed by atoms with Crippen LogP contribution in [0.25, 0.3) is 6.08 Å². The number of methoxy groups -OCH3 is 1. The number of hydrogen-bond donors (Lipinski definition) is 0. The van der Waals surface area contributed by atoms with Crippen molar-refractivity contribution in [3.63, 3.8) is 0 Å². The number of nitrogens with zero attached hydrogens (tertiary/aromatic N) is 2. The van der Waals surface area contributed by atoms with Crippen LogP contribution in [0, 0.1) is 6.92 Å². The van der Waals surface area contributed by atoms with Crippen LogP contribution in [-0.2, 0) is 18.4 Å². The first kappa shape index (κ1) is 17.0. The summed E-state index contributed by atoms with van der Waals surface area (Å²) >= 11 is 0. The minimum absolute atomic E-state index is 0.0738. The van der Waals surface area contributed by atoms with Crippen LogP contribution >= 0.6 is 0 Å². The predicted octanol–water partition coefficient (Wildman–Crippen LogP) is 3.17. The first-order chi connectivity index (χ1) is 11.0. The Morgan fingerprint density at radius 1 is 1.35 bits per heavy atom. The highest BCUT2D eigenvalue weighted by Gasteiger charge is 2.09. The van der Waals surface area contributed by atoms with Gasteiger partial charge in [0.15, 0.2) is 0 Å². The zero-order valence-corrected chi connectivity index (χ0v) is 14.0. The number of allylic oxidation sites excluding steroid dienone is 1. The van der Waals surface area contributed by atoms with E-state index in [1.54, 1.807) is 37.1 Å². The molecule has 122 valence electrons. The van der Waals surface area contributed by atoms with Gasteiger partial charge in [0.05, 0.1) is 19.4 Å². The fraction of sp³-hybridized carbons (Fsp3) is 0.333. The van der Waals surface area contributed by atoms with E-state index in [2.05, 4.69) is 5.10 Å². The molecule has 0 saturated heterocycles. The number of ether oxygens (including phenoxy) is 2. The highest BCUT2D eigenvalue weighted by molar-refractivity contribution is 6.05. The van der Waals surface area contributed by atoms with Crippen LogP contribution in [0.5, 0.6) is 5.75 Å². The first-order valence-corrected chi connectivity index (χ1v) is 7.53. The van der Waals surface area contributed by atoms with Gasteiger partial charge in [-0.05, 0) is 43.7 Å². The van der Waals surface area contributed by atoms with Gasteiger partial charge in [-0.25, -0.2) is 0 Å². The van der Waals surface area contributed by atoms with Crippen LogP contribution in [-0.4, -0.2) is 29.3 Å². The third-order valence-electron chi connectivity index (χ3n) is 3.45. The maximum Gasteiger partial charge on any atom is 0.203 e. The van der Waals surface area contributed by atoms with E-state index < -0.39 is 0 Å². The zero-order valence-electron chi connectivity index (χ0n) is 14.0. The van der Waals surface area contributed by atoms with Crippen molar-refractivity contribution in [3.05, 3.63) is 52.9 Å². The molecule has 0 aliphatic heterocycles. The fourth-order valence-corrected chi connectivity index (χ4v) is 2.33. The molecule has 1 aromatic heterocycles. The van der Waals surface area contributed by atoms with Gasteiger partial charge < -0.3 is 9.47 Å². The van der Waals surface area contributed by atoms with Crippen molar-refractivity contribution in [1.29, 1.82) is 0 Å². The van der Waals surface area contributed by atoms with Gasteiger partial charge in [-0.15, -0.1) is 0 Å². The molecule has 1 aromatic carbocycles. The third-order valence-corrected chi connectivity index (χ3v) is 3.45. The molecule has 2 rings (SSSR count). The topological polar surface area (TPSA) is 53.3 Å². The van der Waals surface area contributed by atoms with Crippen LogP contribution in [0.1, 0.15) is 34.2 Å². The Labute approximate surface area is 136 Å². The summed E-state index contributed by atoms with van der Waals surface area (Å²) in [4.78, 5) is 12.2. The third kappa shape index (κ3) is 4.29. The molecular weight excluding hydrogens is 292 g/mol. The van der Waals surface area contributed by atoms with Crippen LogP contribution in [0.15, 0.2) is 30.3 Å². The van der Waals surface area contributed by atoms with Gasteiger partial charge in [0, 0.05) is 19.2 Å². The quantitative estimate of drug-likeness (QED) is 0.582. The Bertz CT molecular complexity index is 717. The van der Waals surface area contributed by atoms with E-state index in [0.717, 1.165) is 22.6 Å². The Morgan fingerprint density at radius 3 is 2.74 bits per heavy atom. The average molecular weight is 314 g/mol. The second-order valence-electron chi connectivity index (χ2n) is 5.20. The monoisotopic (exact) mass is 314 g/mol. The van der Waals surface area contributed by atoms with Crippen molar-refractivity contribution >= 4 is 11.9 Å². The van der Waals surface area contributed by atoms with Gasteiger partial charge in [-0.3, -0.25) is 9.48 Å². The molecule has 0 spiro atoms. The Balaban J connectivity index is 2.18. The van der Waals surface area contributed by atoms with Crippen molar-refractivity contribution < 1.29 is 14.3 Å². The molecule has 23 heavy (non-hydrogen) atoms. The molecule has 0 fully saturated rings. The molecule has 5 heteroatoms. The van der Waals surface area contributed by atoms with Crippen molar-refractivity contribution in [2.24, 2.45) is 7.05 Å². The number of aryl methyl sites for hydroxylation is 2. The van der Waals surface area contributed by atoms with Crippen LogP contribution < -0.4 is 4.74 Å². The number of rotatable bonds is 7. The lowest BCUT2D eigenvalue weighted by Crippen LogP contribution is -2.03. The standard InChI is InChI=1S/C18H22N2O3/c1-5-23-12-15-11-14(7-9-18(15)22-4)6-8-17(21)16-10-13(2)19-20(16)3/h6-11H,5,12H2,1-4H3/b8-6+. The molecule has 0 saturated carbocycles. The number of benzene rings is 1. The average Bonchev–Trinajstić information content (AvgIpc) is 2.89. The van der Waals surface area contributed by atoms with Gasteiger partial charge in [-0.2, -0.15) is 5.10 Å². The van der Waals surface area contributed by atoms with Gasteiger partial charge >= 0.3 is 0 Å². The lowest BCUT2D eigenvalue weighted by Gasteiger charge is -2.09. The molecule has 0 atom stereocenters. The highest BCUT2D eigenvalue weighted by atomic mass is 16.5. The molecule has 0 aliphatic rings. The largest absolute Gasteiger partial charge is 0.496 e. The van der Waals surface area contributed by atoms with Gasteiger partial charge in [0.1, 0.15) is 11.4 Å². The molecule has 2 aromatic rings. The van der Waals surface area contributed by atoms with E-state index in [1.807, 2.05) is 32.0 Å². The van der Waals surface area contributed by atoms with Gasteiger partial charge in [-0.1, -0.05) is 12.1 Å². The number of ketones is 1. The first-order valence-electron chi connectivity index (χ1n) is 7.53. The summed E-state index contributed by atoms with van der Waals surface area (Å²) in [6, 6.07) is 7.53. The summed E-state index contributed by atoms with van der Waals surface area (Å²) in [6.45, 7) is 4.94. The normalized spacial score (nSPS) is 11.1. The Morgan fingerprint density at radius 2 is 2.13 bits per heavy atom. The molecule has 0 radical (unpaired) electrons. The second kappa shape index (κ2) is 7.74. The van der Waals surface area contributed by atoms with E-state index in [1.165, 1.54) is 0 Å². The minimum Gasteiger partial charge on any atom is -0.496 e. The molecule has 0 unspecified atom stereocenters. The molecular formula is C18H22N2O3. The summed E-state index contributed by atoms with van der Waals surface area (Å²) < 4.78 is 12.4. The molecule has 0 N–H and O–H groups in total. The van der Waals surface area contributed by atoms with E-state index >= 15 is 0 Å². The van der Waals surface area contributed by atoms with Crippen LogP contribution in [0.4, 0.5) is 0 Å². The zero-order chi connectivity index (χ0) is 16.8. The predicted molar refractivity (Wildman–Crippen MR) is 89.6 cm³/mol. The lowest BCUT2D eigenvalue weighted by molar-refractivity contribution is 0.103. The maximum absolute atomic E-state index is 12.2. The van der Waals surface area contributed by atoms with E-state index in [-0.39, 0.29) is 5.78 Å². The number of hydrogen-bond acceptors (Lipinski definition) is 4. The summed E-state index contributed by atoms with van der Waals surface area (Å²) in [5.41, 5.74) is 3.28. The van der Waals surface area contributed by atoms with Crippen molar-refractivity contribution in [2.75, 3.05) is 13.7 Å². The van der Waals surface area contributed by atoms with Gasteiger partial charge in [0.2, 0.25) is 5.78 Å². The van der Waals surface area contributed by atoms with Crippen LogP contribution in [0.3, 0.4) is 0 Å². The molecule has 5 nitrogen and oxygen atoms in total. The van der Waals surface area contributed by atoms with E-state index in [4.69, 9.17) is 9.47 Å². The number of carbonyl (C=O) groups is 1. The summed E-state index contributed by atoms with van der Waals surface area (Å²) in [5, 5.41) is 4.19.